The van der Waals surface area contributed by atoms with Crippen molar-refractivity contribution in [3.8, 4) is 5.75 Å². The number of benzene rings is 2. The summed E-state index contributed by atoms with van der Waals surface area (Å²) in [6, 6.07) is 8.42. The second-order valence-corrected chi connectivity index (χ2v) is 5.89. The lowest BCUT2D eigenvalue weighted by Crippen LogP contribution is -2.06. The lowest BCUT2D eigenvalue weighted by molar-refractivity contribution is 0.407. The van der Waals surface area contributed by atoms with E-state index in [2.05, 4.69) is 50.4 Å². The van der Waals surface area contributed by atoms with E-state index in [0.29, 0.717) is 0 Å². The fourth-order valence-corrected chi connectivity index (χ4v) is 3.74. The molecule has 98 valence electrons. The molecule has 0 bridgehead atoms. The molecule has 0 atom stereocenters. The first-order chi connectivity index (χ1) is 9.13. The molecular formula is C16H17NOS. The van der Waals surface area contributed by atoms with Crippen molar-refractivity contribution in [2.45, 2.75) is 30.6 Å². The Labute approximate surface area is 118 Å². The number of anilines is 2. The lowest BCUT2D eigenvalue weighted by Gasteiger charge is -2.26. The molecule has 2 aromatic carbocycles. The van der Waals surface area contributed by atoms with E-state index in [4.69, 9.17) is 4.74 Å². The molecule has 3 rings (SSSR count). The summed E-state index contributed by atoms with van der Waals surface area (Å²) < 4.78 is 5.57. The van der Waals surface area contributed by atoms with E-state index in [1.54, 1.807) is 7.11 Å². The number of para-hydroxylation sites is 1. The number of hydrogen-bond donors (Lipinski definition) is 1. The Morgan fingerprint density at radius 1 is 1.00 bits per heavy atom. The van der Waals surface area contributed by atoms with Gasteiger partial charge < -0.3 is 10.1 Å². The summed E-state index contributed by atoms with van der Waals surface area (Å²) in [5.74, 6) is 1.00. The summed E-state index contributed by atoms with van der Waals surface area (Å²) in [5.41, 5.74) is 6.10. The quantitative estimate of drug-likeness (QED) is 0.685. The Balaban J connectivity index is 2.23. The molecule has 0 saturated heterocycles. The Morgan fingerprint density at radius 2 is 1.74 bits per heavy atom. The van der Waals surface area contributed by atoms with Crippen LogP contribution in [0, 0.1) is 20.8 Å². The molecule has 1 heterocycles. The van der Waals surface area contributed by atoms with Gasteiger partial charge in [-0.25, -0.2) is 0 Å². The van der Waals surface area contributed by atoms with Crippen LogP contribution < -0.4 is 10.1 Å². The van der Waals surface area contributed by atoms with Crippen molar-refractivity contribution < 1.29 is 4.74 Å². The summed E-state index contributed by atoms with van der Waals surface area (Å²) >= 11 is 1.82. The van der Waals surface area contributed by atoms with E-state index >= 15 is 0 Å². The van der Waals surface area contributed by atoms with Gasteiger partial charge in [0.15, 0.2) is 0 Å². The zero-order valence-electron chi connectivity index (χ0n) is 11.6. The standard InChI is InChI=1S/C16H17NOS/c1-9-10(2)15(18-4)11(3)16-14(9)17-12-7-5-6-8-13(12)19-16/h5-8,17H,1-4H3. The molecule has 0 radical (unpaired) electrons. The molecule has 1 N–H and O–H groups in total. The van der Waals surface area contributed by atoms with E-state index in [-0.39, 0.29) is 0 Å². The van der Waals surface area contributed by atoms with Crippen molar-refractivity contribution >= 4 is 23.1 Å². The van der Waals surface area contributed by atoms with Crippen molar-refractivity contribution in [1.82, 2.24) is 0 Å². The maximum atomic E-state index is 5.57. The van der Waals surface area contributed by atoms with Gasteiger partial charge in [0.2, 0.25) is 0 Å². The summed E-state index contributed by atoms with van der Waals surface area (Å²) in [6.07, 6.45) is 0. The van der Waals surface area contributed by atoms with Gasteiger partial charge in [-0.3, -0.25) is 0 Å². The molecule has 0 saturated carbocycles. The van der Waals surface area contributed by atoms with Crippen LogP contribution in [0.2, 0.25) is 0 Å². The number of fused-ring (bicyclic) bond motifs is 2. The van der Waals surface area contributed by atoms with Gasteiger partial charge in [-0.05, 0) is 44.0 Å². The zero-order valence-corrected chi connectivity index (χ0v) is 12.4. The Morgan fingerprint density at radius 3 is 2.47 bits per heavy atom. The number of nitrogens with one attached hydrogen (secondary N) is 1. The van der Waals surface area contributed by atoms with Gasteiger partial charge in [-0.2, -0.15) is 0 Å². The first-order valence-electron chi connectivity index (χ1n) is 6.35. The molecule has 2 nitrogen and oxygen atoms in total. The third-order valence-corrected chi connectivity index (χ3v) is 5.04. The fourth-order valence-electron chi connectivity index (χ4n) is 2.59. The third-order valence-electron chi connectivity index (χ3n) is 3.75. The van der Waals surface area contributed by atoms with Crippen LogP contribution in [0.5, 0.6) is 5.75 Å². The molecule has 19 heavy (non-hydrogen) atoms. The maximum absolute atomic E-state index is 5.57. The highest BCUT2D eigenvalue weighted by molar-refractivity contribution is 7.99. The van der Waals surface area contributed by atoms with Crippen molar-refractivity contribution in [3.05, 3.63) is 41.0 Å². The highest BCUT2D eigenvalue weighted by atomic mass is 32.2. The smallest absolute Gasteiger partial charge is 0.126 e. The maximum Gasteiger partial charge on any atom is 0.126 e. The Kier molecular flexibility index (Phi) is 2.94. The molecule has 0 unspecified atom stereocenters. The van der Waals surface area contributed by atoms with Crippen molar-refractivity contribution in [2.24, 2.45) is 0 Å². The summed E-state index contributed by atoms with van der Waals surface area (Å²) in [5, 5.41) is 3.57. The normalized spacial score (nSPS) is 12.4. The predicted octanol–water partition coefficient (Wildman–Crippen LogP) is 4.83. The molecule has 1 aliphatic rings. The van der Waals surface area contributed by atoms with Gasteiger partial charge in [0, 0.05) is 15.4 Å². The first kappa shape index (κ1) is 12.4. The van der Waals surface area contributed by atoms with Gasteiger partial charge in [0.1, 0.15) is 5.75 Å². The Bertz CT molecular complexity index is 664. The fraction of sp³-hybridized carbons (Fsp3) is 0.250. The third kappa shape index (κ3) is 1.80. The number of hydrogen-bond acceptors (Lipinski definition) is 3. The highest BCUT2D eigenvalue weighted by Crippen LogP contribution is 2.50. The average molecular weight is 271 g/mol. The summed E-state index contributed by atoms with van der Waals surface area (Å²) in [6.45, 7) is 6.40. The van der Waals surface area contributed by atoms with Crippen LogP contribution in [-0.4, -0.2) is 7.11 Å². The summed E-state index contributed by atoms with van der Waals surface area (Å²) in [4.78, 5) is 2.54. The Hall–Kier alpha value is -1.61. The van der Waals surface area contributed by atoms with Crippen LogP contribution in [0.25, 0.3) is 0 Å². The van der Waals surface area contributed by atoms with E-state index < -0.39 is 0 Å². The summed E-state index contributed by atoms with van der Waals surface area (Å²) in [7, 11) is 1.75. The van der Waals surface area contributed by atoms with Gasteiger partial charge in [0.05, 0.1) is 18.5 Å². The second kappa shape index (κ2) is 4.49. The molecule has 2 aromatic rings. The molecule has 0 aromatic heterocycles. The van der Waals surface area contributed by atoms with Gasteiger partial charge in [-0.15, -0.1) is 0 Å². The predicted molar refractivity (Wildman–Crippen MR) is 81.1 cm³/mol. The monoisotopic (exact) mass is 271 g/mol. The number of ether oxygens (including phenoxy) is 1. The zero-order chi connectivity index (χ0) is 13.6. The van der Waals surface area contributed by atoms with E-state index in [1.165, 1.54) is 37.9 Å². The molecule has 1 aliphatic heterocycles. The van der Waals surface area contributed by atoms with E-state index in [9.17, 15) is 0 Å². The minimum atomic E-state index is 1.00. The van der Waals surface area contributed by atoms with Crippen molar-refractivity contribution in [2.75, 3.05) is 12.4 Å². The minimum Gasteiger partial charge on any atom is -0.496 e. The van der Waals surface area contributed by atoms with Crippen LogP contribution in [0.4, 0.5) is 11.4 Å². The van der Waals surface area contributed by atoms with Crippen LogP contribution in [-0.2, 0) is 0 Å². The van der Waals surface area contributed by atoms with Crippen LogP contribution in [0.15, 0.2) is 34.1 Å². The van der Waals surface area contributed by atoms with Gasteiger partial charge >= 0.3 is 0 Å². The van der Waals surface area contributed by atoms with Gasteiger partial charge in [0.25, 0.3) is 0 Å². The topological polar surface area (TPSA) is 21.3 Å². The van der Waals surface area contributed by atoms with E-state index in [0.717, 1.165) is 5.75 Å². The van der Waals surface area contributed by atoms with Crippen molar-refractivity contribution in [1.29, 1.82) is 0 Å². The SMILES string of the molecule is COc1c(C)c(C)c2c(c1C)Sc1ccccc1N2. The minimum absolute atomic E-state index is 1.00. The molecule has 0 fully saturated rings. The average Bonchev–Trinajstić information content (AvgIpc) is 2.44. The van der Waals surface area contributed by atoms with Gasteiger partial charge in [-0.1, -0.05) is 23.9 Å². The van der Waals surface area contributed by atoms with Crippen LogP contribution >= 0.6 is 11.8 Å². The largest absolute Gasteiger partial charge is 0.496 e. The number of methoxy groups -OCH3 is 1. The molecule has 3 heteroatoms. The second-order valence-electron chi connectivity index (χ2n) is 4.84. The lowest BCUT2D eigenvalue weighted by atomic mass is 10.0. The highest BCUT2D eigenvalue weighted by Gasteiger charge is 2.23. The van der Waals surface area contributed by atoms with Crippen LogP contribution in [0.1, 0.15) is 16.7 Å². The number of rotatable bonds is 1. The van der Waals surface area contributed by atoms with E-state index in [1.807, 2.05) is 11.8 Å². The molecular weight excluding hydrogens is 254 g/mol. The first-order valence-corrected chi connectivity index (χ1v) is 7.16. The van der Waals surface area contributed by atoms with Crippen molar-refractivity contribution in [3.63, 3.8) is 0 Å². The van der Waals surface area contributed by atoms with Crippen LogP contribution in [0.3, 0.4) is 0 Å². The molecule has 0 aliphatic carbocycles. The molecule has 0 spiro atoms. The molecule has 0 amide bonds.